The van der Waals surface area contributed by atoms with Crippen molar-refractivity contribution in [3.8, 4) is 0 Å². The molecule has 1 aromatic carbocycles. The van der Waals surface area contributed by atoms with E-state index in [0.717, 1.165) is 27.9 Å². The van der Waals surface area contributed by atoms with Crippen LogP contribution in [-0.2, 0) is 0 Å². The Bertz CT molecular complexity index is 626. The molecule has 0 saturated heterocycles. The number of rotatable bonds is 2. The number of benzene rings is 1. The lowest BCUT2D eigenvalue weighted by atomic mass is 10.2. The fourth-order valence-electron chi connectivity index (χ4n) is 2.09. The number of fused-ring (bicyclic) bond motifs is 3. The minimum absolute atomic E-state index is 0.873. The Morgan fingerprint density at radius 3 is 2.59 bits per heavy atom. The van der Waals surface area contributed by atoms with Crippen molar-refractivity contribution >= 4 is 33.3 Å². The number of nitrogens with zero attached hydrogens (tertiary/aromatic N) is 1. The maximum atomic E-state index is 4.34. The quantitative estimate of drug-likeness (QED) is 0.629. The molecule has 0 fully saturated rings. The lowest BCUT2D eigenvalue weighted by Gasteiger charge is -1.98. The van der Waals surface area contributed by atoms with Gasteiger partial charge in [-0.05, 0) is 12.1 Å². The summed E-state index contributed by atoms with van der Waals surface area (Å²) in [5.74, 6) is 0.873. The second-order valence-electron chi connectivity index (χ2n) is 4.00. The molecule has 0 amide bonds. The van der Waals surface area contributed by atoms with Gasteiger partial charge < -0.3 is 15.6 Å². The van der Waals surface area contributed by atoms with Crippen LogP contribution in [0, 0.1) is 0 Å². The third kappa shape index (κ3) is 1.49. The van der Waals surface area contributed by atoms with Gasteiger partial charge in [0.25, 0.3) is 0 Å². The fraction of sp³-hybridized carbons (Fsp3) is 0.154. The van der Waals surface area contributed by atoms with E-state index in [1.807, 2.05) is 26.4 Å². The topological polar surface area (TPSA) is 52.7 Å². The highest BCUT2D eigenvalue weighted by Crippen LogP contribution is 2.27. The molecule has 0 spiro atoms. The summed E-state index contributed by atoms with van der Waals surface area (Å²) >= 11 is 0. The van der Waals surface area contributed by atoms with Crippen molar-refractivity contribution in [3.63, 3.8) is 0 Å². The zero-order chi connectivity index (χ0) is 11.8. The van der Waals surface area contributed by atoms with Gasteiger partial charge in [-0.3, -0.25) is 0 Å². The van der Waals surface area contributed by atoms with Gasteiger partial charge in [-0.2, -0.15) is 0 Å². The normalized spacial score (nSPS) is 10.9. The van der Waals surface area contributed by atoms with E-state index in [4.69, 9.17) is 0 Å². The van der Waals surface area contributed by atoms with Crippen LogP contribution in [0.2, 0.25) is 0 Å². The van der Waals surface area contributed by atoms with Crippen LogP contribution >= 0.6 is 0 Å². The Balaban J connectivity index is 2.32. The van der Waals surface area contributed by atoms with E-state index in [1.165, 1.54) is 5.39 Å². The minimum atomic E-state index is 0.873. The number of hydrogen-bond donors (Lipinski definition) is 3. The Morgan fingerprint density at radius 1 is 1.00 bits per heavy atom. The molecule has 0 aliphatic carbocycles. The highest BCUT2D eigenvalue weighted by atomic mass is 15.0. The molecule has 3 aromatic rings. The standard InChI is InChI=1S/C13H14N4/c1-14-8-3-4-9-10-7-16-13(15-2)6-12(10)17-11(9)5-8/h3-7,14,17H,1-2H3,(H,15,16). The first-order chi connectivity index (χ1) is 8.31. The summed E-state index contributed by atoms with van der Waals surface area (Å²) in [7, 11) is 3.79. The van der Waals surface area contributed by atoms with Gasteiger partial charge in [-0.15, -0.1) is 0 Å². The number of aromatic nitrogens is 2. The summed E-state index contributed by atoms with van der Waals surface area (Å²) in [6.45, 7) is 0. The molecule has 0 radical (unpaired) electrons. The summed E-state index contributed by atoms with van der Waals surface area (Å²) in [6, 6.07) is 8.31. The lowest BCUT2D eigenvalue weighted by molar-refractivity contribution is 1.31. The zero-order valence-corrected chi connectivity index (χ0v) is 9.83. The minimum Gasteiger partial charge on any atom is -0.388 e. The largest absolute Gasteiger partial charge is 0.388 e. The van der Waals surface area contributed by atoms with Crippen molar-refractivity contribution in [2.24, 2.45) is 0 Å². The molecule has 0 aliphatic rings. The molecule has 0 bridgehead atoms. The summed E-state index contributed by atoms with van der Waals surface area (Å²) in [6.07, 6.45) is 1.90. The first-order valence-corrected chi connectivity index (χ1v) is 5.59. The van der Waals surface area contributed by atoms with E-state index in [9.17, 15) is 0 Å². The third-order valence-corrected chi connectivity index (χ3v) is 3.03. The van der Waals surface area contributed by atoms with Crippen molar-refractivity contribution in [3.05, 3.63) is 30.5 Å². The maximum absolute atomic E-state index is 4.34. The van der Waals surface area contributed by atoms with Crippen molar-refractivity contribution in [1.82, 2.24) is 9.97 Å². The van der Waals surface area contributed by atoms with E-state index >= 15 is 0 Å². The summed E-state index contributed by atoms with van der Waals surface area (Å²) < 4.78 is 0. The summed E-state index contributed by atoms with van der Waals surface area (Å²) in [5.41, 5.74) is 3.33. The molecule has 4 heteroatoms. The van der Waals surface area contributed by atoms with Crippen LogP contribution in [0.5, 0.6) is 0 Å². The van der Waals surface area contributed by atoms with Gasteiger partial charge in [0.15, 0.2) is 0 Å². The molecule has 2 aromatic heterocycles. The maximum Gasteiger partial charge on any atom is 0.127 e. The molecule has 0 saturated carbocycles. The smallest absolute Gasteiger partial charge is 0.127 e. The number of pyridine rings is 1. The summed E-state index contributed by atoms with van der Waals surface area (Å²) in [5, 5.41) is 8.54. The highest BCUT2D eigenvalue weighted by Gasteiger charge is 2.05. The molecule has 86 valence electrons. The molecular weight excluding hydrogens is 212 g/mol. The zero-order valence-electron chi connectivity index (χ0n) is 9.83. The number of nitrogens with one attached hydrogen (secondary N) is 3. The number of hydrogen-bond acceptors (Lipinski definition) is 3. The molecular formula is C13H14N4. The fourth-order valence-corrected chi connectivity index (χ4v) is 2.09. The first-order valence-electron chi connectivity index (χ1n) is 5.59. The van der Waals surface area contributed by atoms with Gasteiger partial charge >= 0.3 is 0 Å². The first kappa shape index (κ1) is 9.96. The van der Waals surface area contributed by atoms with Crippen LogP contribution in [0.3, 0.4) is 0 Å². The van der Waals surface area contributed by atoms with E-state index < -0.39 is 0 Å². The van der Waals surface area contributed by atoms with Crippen molar-refractivity contribution in [1.29, 1.82) is 0 Å². The molecule has 0 atom stereocenters. The van der Waals surface area contributed by atoms with Gasteiger partial charge in [0.05, 0.1) is 5.52 Å². The van der Waals surface area contributed by atoms with Crippen LogP contribution < -0.4 is 10.6 Å². The average Bonchev–Trinajstić information content (AvgIpc) is 2.74. The predicted octanol–water partition coefficient (Wildman–Crippen LogP) is 2.80. The Hall–Kier alpha value is -2.23. The SMILES string of the molecule is CNc1ccc2c(c1)[nH]c1cc(NC)ncc12. The molecule has 17 heavy (non-hydrogen) atoms. The Kier molecular flexibility index (Phi) is 2.14. The van der Waals surface area contributed by atoms with Crippen LogP contribution in [0.15, 0.2) is 30.5 Å². The van der Waals surface area contributed by atoms with Crippen LogP contribution in [-0.4, -0.2) is 24.1 Å². The molecule has 3 N–H and O–H groups in total. The number of aromatic amines is 1. The van der Waals surface area contributed by atoms with E-state index in [0.29, 0.717) is 0 Å². The van der Waals surface area contributed by atoms with E-state index in [2.05, 4.69) is 38.8 Å². The van der Waals surface area contributed by atoms with Crippen LogP contribution in [0.1, 0.15) is 0 Å². The van der Waals surface area contributed by atoms with Crippen molar-refractivity contribution < 1.29 is 0 Å². The van der Waals surface area contributed by atoms with Gasteiger partial charge in [-0.25, -0.2) is 4.98 Å². The van der Waals surface area contributed by atoms with Crippen LogP contribution in [0.4, 0.5) is 11.5 Å². The number of H-pyrrole nitrogens is 1. The predicted molar refractivity (Wildman–Crippen MR) is 72.7 cm³/mol. The van der Waals surface area contributed by atoms with Gasteiger partial charge in [0.2, 0.25) is 0 Å². The third-order valence-electron chi connectivity index (χ3n) is 3.03. The monoisotopic (exact) mass is 226 g/mol. The molecule has 0 aliphatic heterocycles. The van der Waals surface area contributed by atoms with Gasteiger partial charge in [-0.1, -0.05) is 6.07 Å². The lowest BCUT2D eigenvalue weighted by Crippen LogP contribution is -1.90. The van der Waals surface area contributed by atoms with E-state index in [1.54, 1.807) is 0 Å². The second-order valence-corrected chi connectivity index (χ2v) is 4.00. The molecule has 2 heterocycles. The Morgan fingerprint density at radius 2 is 1.82 bits per heavy atom. The number of anilines is 2. The van der Waals surface area contributed by atoms with Gasteiger partial charge in [0.1, 0.15) is 5.82 Å². The van der Waals surface area contributed by atoms with Crippen LogP contribution in [0.25, 0.3) is 21.8 Å². The van der Waals surface area contributed by atoms with E-state index in [-0.39, 0.29) is 0 Å². The Labute approximate surface area is 99.1 Å². The van der Waals surface area contributed by atoms with Crippen molar-refractivity contribution in [2.75, 3.05) is 24.7 Å². The second kappa shape index (κ2) is 3.66. The molecule has 3 rings (SSSR count). The van der Waals surface area contributed by atoms with Crippen molar-refractivity contribution in [2.45, 2.75) is 0 Å². The summed E-state index contributed by atoms with van der Waals surface area (Å²) in [4.78, 5) is 7.75. The highest BCUT2D eigenvalue weighted by molar-refractivity contribution is 6.08. The van der Waals surface area contributed by atoms with Gasteiger partial charge in [0, 0.05) is 48.3 Å². The average molecular weight is 226 g/mol. The molecule has 0 unspecified atom stereocenters. The molecule has 4 nitrogen and oxygen atoms in total.